The van der Waals surface area contributed by atoms with Gasteiger partial charge in [0, 0.05) is 12.6 Å². The van der Waals surface area contributed by atoms with Gasteiger partial charge in [-0.2, -0.15) is 5.26 Å². The summed E-state index contributed by atoms with van der Waals surface area (Å²) in [5.41, 5.74) is -1.06. The van der Waals surface area contributed by atoms with Gasteiger partial charge >= 0.3 is 0 Å². The number of carbonyl (C=O) groups excluding carboxylic acids is 1. The third-order valence-corrected chi connectivity index (χ3v) is 3.96. The second-order valence-electron chi connectivity index (χ2n) is 5.64. The largest absolute Gasteiger partial charge is 0.375 e. The van der Waals surface area contributed by atoms with Crippen LogP contribution in [0.3, 0.4) is 0 Å². The number of nitriles is 1. The predicted octanol–water partition coefficient (Wildman–Crippen LogP) is 2.39. The summed E-state index contributed by atoms with van der Waals surface area (Å²) in [5.74, 6) is -0.182. The average Bonchev–Trinajstić information content (AvgIpc) is 2.38. The molecule has 1 aliphatic rings. The summed E-state index contributed by atoms with van der Waals surface area (Å²) in [7, 11) is 0. The second-order valence-corrected chi connectivity index (χ2v) is 5.64. The van der Waals surface area contributed by atoms with Crippen molar-refractivity contribution < 1.29 is 9.53 Å². The minimum atomic E-state index is -0.959. The van der Waals surface area contributed by atoms with E-state index in [0.29, 0.717) is 6.61 Å². The molecule has 0 aliphatic carbocycles. The molecule has 1 fully saturated rings. The highest BCUT2D eigenvalue weighted by molar-refractivity contribution is 5.84. The standard InChI is InChI=1S/C14H24N2O2/c1-5-14(6-2)9-11(7-8-18-14)16-12(17)13(3,4)10-15/h11H,5-9H2,1-4H3,(H,16,17). The molecule has 0 saturated carbocycles. The van der Waals surface area contributed by atoms with Crippen molar-refractivity contribution in [1.29, 1.82) is 5.26 Å². The first-order chi connectivity index (χ1) is 8.39. The van der Waals surface area contributed by atoms with Gasteiger partial charge in [-0.25, -0.2) is 0 Å². The smallest absolute Gasteiger partial charge is 0.240 e. The lowest BCUT2D eigenvalue weighted by Crippen LogP contribution is -2.50. The van der Waals surface area contributed by atoms with Crippen LogP contribution in [-0.2, 0) is 9.53 Å². The molecule has 0 aromatic rings. The minimum absolute atomic E-state index is 0.104. The molecule has 0 aromatic heterocycles. The number of nitrogens with zero attached hydrogens (tertiary/aromatic N) is 1. The Hall–Kier alpha value is -1.08. The number of carbonyl (C=O) groups is 1. The summed E-state index contributed by atoms with van der Waals surface area (Å²) < 4.78 is 5.87. The molecule has 1 unspecified atom stereocenters. The van der Waals surface area contributed by atoms with E-state index < -0.39 is 5.41 Å². The van der Waals surface area contributed by atoms with E-state index in [0.717, 1.165) is 25.7 Å². The Morgan fingerprint density at radius 3 is 2.61 bits per heavy atom. The average molecular weight is 252 g/mol. The minimum Gasteiger partial charge on any atom is -0.375 e. The first kappa shape index (κ1) is 15.0. The highest BCUT2D eigenvalue weighted by Crippen LogP contribution is 2.31. The lowest BCUT2D eigenvalue weighted by molar-refractivity contribution is -0.131. The van der Waals surface area contributed by atoms with Crippen LogP contribution in [-0.4, -0.2) is 24.2 Å². The van der Waals surface area contributed by atoms with Gasteiger partial charge in [-0.15, -0.1) is 0 Å². The number of nitrogens with one attached hydrogen (secondary N) is 1. The van der Waals surface area contributed by atoms with Gasteiger partial charge in [0.15, 0.2) is 0 Å². The first-order valence-corrected chi connectivity index (χ1v) is 6.75. The molecule has 0 bridgehead atoms. The summed E-state index contributed by atoms with van der Waals surface area (Å²) in [6.07, 6.45) is 3.58. The van der Waals surface area contributed by atoms with E-state index in [9.17, 15) is 4.79 Å². The molecule has 0 spiro atoms. The predicted molar refractivity (Wildman–Crippen MR) is 69.8 cm³/mol. The molecule has 4 heteroatoms. The fourth-order valence-corrected chi connectivity index (χ4v) is 2.31. The van der Waals surface area contributed by atoms with Crippen molar-refractivity contribution in [2.24, 2.45) is 5.41 Å². The van der Waals surface area contributed by atoms with E-state index in [-0.39, 0.29) is 17.6 Å². The van der Waals surface area contributed by atoms with Gasteiger partial charge in [0.25, 0.3) is 0 Å². The van der Waals surface area contributed by atoms with E-state index in [2.05, 4.69) is 19.2 Å². The van der Waals surface area contributed by atoms with Crippen molar-refractivity contribution in [3.8, 4) is 6.07 Å². The monoisotopic (exact) mass is 252 g/mol. The number of rotatable bonds is 4. The fourth-order valence-electron chi connectivity index (χ4n) is 2.31. The summed E-state index contributed by atoms with van der Waals surface area (Å²) in [4.78, 5) is 12.0. The second kappa shape index (κ2) is 5.71. The molecule has 1 heterocycles. The summed E-state index contributed by atoms with van der Waals surface area (Å²) in [6.45, 7) is 8.21. The summed E-state index contributed by atoms with van der Waals surface area (Å²) >= 11 is 0. The molecule has 1 aliphatic heterocycles. The van der Waals surface area contributed by atoms with E-state index in [1.165, 1.54) is 0 Å². The quantitative estimate of drug-likeness (QED) is 0.835. The molecule has 1 N–H and O–H groups in total. The molecule has 0 aromatic carbocycles. The van der Waals surface area contributed by atoms with Crippen LogP contribution < -0.4 is 5.32 Å². The van der Waals surface area contributed by atoms with Crippen LogP contribution in [0.4, 0.5) is 0 Å². The molecule has 1 rings (SSSR count). The molecule has 1 atom stereocenters. The van der Waals surface area contributed by atoms with Gasteiger partial charge in [-0.1, -0.05) is 13.8 Å². The summed E-state index contributed by atoms with van der Waals surface area (Å²) in [6, 6.07) is 2.16. The van der Waals surface area contributed by atoms with E-state index in [1.54, 1.807) is 13.8 Å². The van der Waals surface area contributed by atoms with Crippen LogP contribution in [0.15, 0.2) is 0 Å². The maximum absolute atomic E-state index is 12.0. The highest BCUT2D eigenvalue weighted by Gasteiger charge is 2.37. The molecule has 4 nitrogen and oxygen atoms in total. The van der Waals surface area contributed by atoms with Crippen molar-refractivity contribution in [3.63, 3.8) is 0 Å². The maximum atomic E-state index is 12.0. The SMILES string of the molecule is CCC1(CC)CC(NC(=O)C(C)(C)C#N)CCO1. The van der Waals surface area contributed by atoms with Gasteiger partial charge in [0.2, 0.25) is 5.91 Å². The molecule has 18 heavy (non-hydrogen) atoms. The van der Waals surface area contributed by atoms with Gasteiger partial charge in [-0.05, 0) is 39.5 Å². The van der Waals surface area contributed by atoms with Gasteiger partial charge in [0.1, 0.15) is 5.41 Å². The topological polar surface area (TPSA) is 62.1 Å². The van der Waals surface area contributed by atoms with Crippen LogP contribution in [0.25, 0.3) is 0 Å². The van der Waals surface area contributed by atoms with E-state index >= 15 is 0 Å². The van der Waals surface area contributed by atoms with Gasteiger partial charge in [-0.3, -0.25) is 4.79 Å². The van der Waals surface area contributed by atoms with Crippen LogP contribution in [0, 0.1) is 16.7 Å². The third kappa shape index (κ3) is 3.23. The molecular weight excluding hydrogens is 228 g/mol. The van der Waals surface area contributed by atoms with Crippen LogP contribution in [0.1, 0.15) is 53.4 Å². The lowest BCUT2D eigenvalue weighted by Gasteiger charge is -2.40. The number of hydrogen-bond donors (Lipinski definition) is 1. The van der Waals surface area contributed by atoms with Crippen molar-refractivity contribution in [2.45, 2.75) is 65.0 Å². The Labute approximate surface area is 110 Å². The Morgan fingerprint density at radius 2 is 2.11 bits per heavy atom. The number of hydrogen-bond acceptors (Lipinski definition) is 3. The van der Waals surface area contributed by atoms with Crippen molar-refractivity contribution in [2.75, 3.05) is 6.61 Å². The van der Waals surface area contributed by atoms with Crippen LogP contribution in [0.2, 0.25) is 0 Å². The molecule has 1 saturated heterocycles. The third-order valence-electron chi connectivity index (χ3n) is 3.96. The van der Waals surface area contributed by atoms with Gasteiger partial charge < -0.3 is 10.1 Å². The zero-order chi connectivity index (χ0) is 13.8. The Kier molecular flexibility index (Phi) is 4.75. The molecule has 102 valence electrons. The Balaban J connectivity index is 2.64. The molecule has 0 radical (unpaired) electrons. The van der Waals surface area contributed by atoms with E-state index in [1.807, 2.05) is 6.07 Å². The van der Waals surface area contributed by atoms with Crippen LogP contribution in [0.5, 0.6) is 0 Å². The fraction of sp³-hybridized carbons (Fsp3) is 0.857. The lowest BCUT2D eigenvalue weighted by atomic mass is 9.85. The zero-order valence-corrected chi connectivity index (χ0v) is 11.9. The number of ether oxygens (including phenoxy) is 1. The van der Waals surface area contributed by atoms with Crippen molar-refractivity contribution in [1.82, 2.24) is 5.32 Å². The van der Waals surface area contributed by atoms with Crippen molar-refractivity contribution in [3.05, 3.63) is 0 Å². The van der Waals surface area contributed by atoms with Crippen molar-refractivity contribution >= 4 is 5.91 Å². The number of amides is 1. The Bertz CT molecular complexity index is 340. The zero-order valence-electron chi connectivity index (χ0n) is 11.9. The summed E-state index contributed by atoms with van der Waals surface area (Å²) in [5, 5.41) is 11.9. The first-order valence-electron chi connectivity index (χ1n) is 6.75. The molecule has 1 amide bonds. The Morgan fingerprint density at radius 1 is 1.50 bits per heavy atom. The normalized spacial score (nSPS) is 23.2. The maximum Gasteiger partial charge on any atom is 0.240 e. The van der Waals surface area contributed by atoms with Crippen LogP contribution >= 0.6 is 0 Å². The van der Waals surface area contributed by atoms with Gasteiger partial charge in [0.05, 0.1) is 11.7 Å². The highest BCUT2D eigenvalue weighted by atomic mass is 16.5. The molecular formula is C14H24N2O2. The van der Waals surface area contributed by atoms with E-state index in [4.69, 9.17) is 10.00 Å².